The normalized spacial score (nSPS) is 15.9. The highest BCUT2D eigenvalue weighted by Crippen LogP contribution is 2.34. The summed E-state index contributed by atoms with van der Waals surface area (Å²) in [4.78, 5) is 69.4. The number of aromatic amines is 2. The largest absolute Gasteiger partial charge is 0.453 e. The Hall–Kier alpha value is -5.37. The number of aromatic nitrogens is 4. The van der Waals surface area contributed by atoms with Crippen LogP contribution >= 0.6 is 12.6 Å². The van der Waals surface area contributed by atoms with Crippen molar-refractivity contribution in [2.24, 2.45) is 17.8 Å². The van der Waals surface area contributed by atoms with Crippen LogP contribution in [0.3, 0.4) is 0 Å². The van der Waals surface area contributed by atoms with E-state index in [0.717, 1.165) is 62.9 Å². The lowest BCUT2D eigenvalue weighted by Gasteiger charge is -2.30. The standard InChI is InChI=1S/C42H51N7O6S/c1-23(2)35(47-41(52)54-5)38(50)29(17-19-56)21-34-44-31-16-14-28-20-27(13-15-30(28)37(31)46-34)25-9-11-26(12-10-25)32-22-43-39(45-32)33-8-7-18-49(33)40(51)36(24(3)4)48-42(53)55-6/h9-16,20,22-24,29,33,35-36,56H,7-8,17-19,21H2,1-6H3,(H,43,45)(H,44,46)(H,47,52)(H,48,53)/t29?,33-,35-,36?/m0/s1. The maximum atomic E-state index is 13.6. The van der Waals surface area contributed by atoms with Crippen LogP contribution in [0.25, 0.3) is 44.2 Å². The molecule has 0 radical (unpaired) electrons. The number of fused-ring (bicyclic) bond motifs is 3. The summed E-state index contributed by atoms with van der Waals surface area (Å²) in [5.41, 5.74) is 5.66. The number of alkyl carbamates (subject to hydrolysis) is 2. The molecule has 3 amide bonds. The number of nitrogens with one attached hydrogen (secondary N) is 4. The van der Waals surface area contributed by atoms with E-state index in [2.05, 4.69) is 86.7 Å². The summed E-state index contributed by atoms with van der Waals surface area (Å²) in [5, 5.41) is 7.47. The molecule has 14 heteroatoms. The van der Waals surface area contributed by atoms with Gasteiger partial charge in [0.05, 0.1) is 49.2 Å². The van der Waals surface area contributed by atoms with E-state index in [0.29, 0.717) is 31.0 Å². The van der Waals surface area contributed by atoms with Gasteiger partial charge in [0.25, 0.3) is 0 Å². The van der Waals surface area contributed by atoms with E-state index >= 15 is 0 Å². The summed E-state index contributed by atoms with van der Waals surface area (Å²) in [7, 11) is 2.57. The molecule has 1 aliphatic heterocycles. The molecule has 0 aliphatic carbocycles. The minimum absolute atomic E-state index is 0.0630. The van der Waals surface area contributed by atoms with Crippen LogP contribution < -0.4 is 10.6 Å². The zero-order valence-corrected chi connectivity index (χ0v) is 33.6. The number of ether oxygens (including phenoxy) is 2. The van der Waals surface area contributed by atoms with E-state index < -0.39 is 24.3 Å². The van der Waals surface area contributed by atoms with Crippen molar-refractivity contribution in [2.45, 2.75) is 71.5 Å². The van der Waals surface area contributed by atoms with Gasteiger partial charge in [-0.3, -0.25) is 9.59 Å². The molecule has 13 nitrogen and oxygen atoms in total. The number of amides is 3. The average molecular weight is 782 g/mol. The van der Waals surface area contributed by atoms with Crippen LogP contribution in [0.15, 0.2) is 60.8 Å². The van der Waals surface area contributed by atoms with Crippen LogP contribution in [0.4, 0.5) is 9.59 Å². The first kappa shape index (κ1) is 40.3. The first-order chi connectivity index (χ1) is 26.9. The van der Waals surface area contributed by atoms with Gasteiger partial charge in [-0.15, -0.1) is 0 Å². The van der Waals surface area contributed by atoms with Gasteiger partial charge in [-0.2, -0.15) is 12.6 Å². The number of methoxy groups -OCH3 is 2. The van der Waals surface area contributed by atoms with Crippen LogP contribution in [-0.4, -0.2) is 87.3 Å². The van der Waals surface area contributed by atoms with E-state index in [9.17, 15) is 19.2 Å². The molecule has 6 rings (SSSR count). The lowest BCUT2D eigenvalue weighted by atomic mass is 9.87. The Bertz CT molecular complexity index is 2200. The van der Waals surface area contributed by atoms with Crippen molar-refractivity contribution in [1.82, 2.24) is 35.5 Å². The van der Waals surface area contributed by atoms with Crippen molar-refractivity contribution in [3.8, 4) is 22.4 Å². The maximum absolute atomic E-state index is 13.6. The number of hydrogen-bond donors (Lipinski definition) is 5. The Balaban J connectivity index is 1.17. The van der Waals surface area contributed by atoms with E-state index in [1.54, 1.807) is 11.1 Å². The van der Waals surface area contributed by atoms with Crippen molar-refractivity contribution in [2.75, 3.05) is 26.5 Å². The van der Waals surface area contributed by atoms with Gasteiger partial charge >= 0.3 is 12.2 Å². The molecule has 3 heterocycles. The van der Waals surface area contributed by atoms with Gasteiger partial charge < -0.3 is 35.0 Å². The number of ketones is 1. The second-order valence-electron chi connectivity index (χ2n) is 15.1. The van der Waals surface area contributed by atoms with Crippen molar-refractivity contribution >= 4 is 58.3 Å². The maximum Gasteiger partial charge on any atom is 0.407 e. The summed E-state index contributed by atoms with van der Waals surface area (Å²) >= 11 is 4.41. The number of nitrogens with zero attached hydrogens (tertiary/aromatic N) is 3. The number of carbonyl (C=O) groups is 4. The van der Waals surface area contributed by atoms with Crippen molar-refractivity contribution < 1.29 is 28.7 Å². The molecule has 4 N–H and O–H groups in total. The zero-order valence-electron chi connectivity index (χ0n) is 32.7. The molecule has 56 heavy (non-hydrogen) atoms. The van der Waals surface area contributed by atoms with Gasteiger partial charge in [0, 0.05) is 24.3 Å². The van der Waals surface area contributed by atoms with Crippen LogP contribution in [0.1, 0.15) is 64.6 Å². The van der Waals surface area contributed by atoms with Crippen LogP contribution in [0.2, 0.25) is 0 Å². The first-order valence-corrected chi connectivity index (χ1v) is 19.8. The third-order valence-electron chi connectivity index (χ3n) is 10.6. The molecule has 5 aromatic rings. The Morgan fingerprint density at radius 1 is 0.875 bits per heavy atom. The Morgan fingerprint density at radius 3 is 2.20 bits per heavy atom. The number of benzene rings is 3. The minimum Gasteiger partial charge on any atom is -0.453 e. The van der Waals surface area contributed by atoms with Crippen molar-refractivity contribution in [3.63, 3.8) is 0 Å². The number of rotatable bonds is 14. The van der Waals surface area contributed by atoms with Crippen molar-refractivity contribution in [3.05, 3.63) is 72.4 Å². The molecule has 0 saturated carbocycles. The van der Waals surface area contributed by atoms with Crippen LogP contribution in [0.5, 0.6) is 0 Å². The molecule has 2 aromatic heterocycles. The molecule has 4 atom stereocenters. The fraction of sp³-hybridized carbons (Fsp3) is 0.429. The smallest absolute Gasteiger partial charge is 0.407 e. The number of carbonyl (C=O) groups excluding carboxylic acids is 4. The lowest BCUT2D eigenvalue weighted by Crippen LogP contribution is -2.51. The lowest BCUT2D eigenvalue weighted by molar-refractivity contribution is -0.135. The summed E-state index contributed by atoms with van der Waals surface area (Å²) < 4.78 is 9.52. The summed E-state index contributed by atoms with van der Waals surface area (Å²) in [6, 6.07) is 17.1. The summed E-state index contributed by atoms with van der Waals surface area (Å²) in [6.07, 6.45) is 3.11. The molecule has 0 spiro atoms. The molecule has 1 saturated heterocycles. The Kier molecular flexibility index (Phi) is 12.7. The topological polar surface area (TPSA) is 171 Å². The highest BCUT2D eigenvalue weighted by atomic mass is 32.1. The molecular weight excluding hydrogens is 731 g/mol. The molecule has 296 valence electrons. The van der Waals surface area contributed by atoms with E-state index in [1.807, 2.05) is 33.8 Å². The zero-order chi connectivity index (χ0) is 40.1. The Labute approximate surface area is 332 Å². The molecular formula is C42H51N7O6S. The van der Waals surface area contributed by atoms with Crippen LogP contribution in [-0.2, 0) is 25.5 Å². The highest BCUT2D eigenvalue weighted by Gasteiger charge is 2.37. The molecule has 1 aliphatic rings. The number of imidazole rings is 2. The van der Waals surface area contributed by atoms with Gasteiger partial charge in [-0.05, 0) is 71.1 Å². The third kappa shape index (κ3) is 8.70. The predicted octanol–water partition coefficient (Wildman–Crippen LogP) is 7.25. The van der Waals surface area contributed by atoms with Gasteiger partial charge in [0.2, 0.25) is 5.91 Å². The van der Waals surface area contributed by atoms with Crippen molar-refractivity contribution in [1.29, 1.82) is 0 Å². The highest BCUT2D eigenvalue weighted by molar-refractivity contribution is 7.80. The fourth-order valence-electron chi connectivity index (χ4n) is 7.56. The van der Waals surface area contributed by atoms with Gasteiger partial charge in [0.1, 0.15) is 17.7 Å². The predicted molar refractivity (Wildman–Crippen MR) is 219 cm³/mol. The SMILES string of the molecule is COC(=O)NC(C(=O)N1CCC[C@H]1c1ncc(-c2ccc(-c3ccc4c(ccc5nc(CC(CCS)C(=O)[C@@H](NC(=O)OC)C(C)C)[nH]c54)c3)cc2)[nH]1)C(C)C. The van der Waals surface area contributed by atoms with E-state index in [-0.39, 0.29) is 35.5 Å². The number of Topliss-reactive ketones (excluding diaryl/α,β-unsaturated/α-hetero) is 1. The summed E-state index contributed by atoms with van der Waals surface area (Å²) in [5.74, 6) is 1.14. The van der Waals surface area contributed by atoms with Gasteiger partial charge in [0.15, 0.2) is 5.78 Å². The summed E-state index contributed by atoms with van der Waals surface area (Å²) in [6.45, 7) is 8.19. The molecule has 0 bridgehead atoms. The number of H-pyrrole nitrogens is 2. The van der Waals surface area contributed by atoms with Gasteiger partial charge in [-0.25, -0.2) is 19.6 Å². The van der Waals surface area contributed by atoms with Gasteiger partial charge in [-0.1, -0.05) is 70.2 Å². The fourth-order valence-corrected chi connectivity index (χ4v) is 7.88. The van der Waals surface area contributed by atoms with Crippen LogP contribution in [0, 0.1) is 17.8 Å². The van der Waals surface area contributed by atoms with E-state index in [4.69, 9.17) is 14.5 Å². The first-order valence-electron chi connectivity index (χ1n) is 19.1. The molecule has 1 fully saturated rings. The third-order valence-corrected chi connectivity index (χ3v) is 10.9. The average Bonchev–Trinajstić information content (AvgIpc) is 3.98. The number of likely N-dealkylation sites (tertiary alicyclic amines) is 1. The second kappa shape index (κ2) is 17.6. The number of hydrogen-bond acceptors (Lipinski definition) is 9. The van der Waals surface area contributed by atoms with E-state index in [1.165, 1.54) is 14.2 Å². The quantitative estimate of drug-likeness (QED) is 0.0734. The Morgan fingerprint density at radius 2 is 1.54 bits per heavy atom. The number of thiol groups is 1. The minimum atomic E-state index is -0.692. The molecule has 2 unspecified atom stereocenters. The molecule has 3 aromatic carbocycles. The second-order valence-corrected chi connectivity index (χ2v) is 15.5. The monoisotopic (exact) mass is 781 g/mol.